The van der Waals surface area contributed by atoms with Crippen LogP contribution in [0.2, 0.25) is 0 Å². The van der Waals surface area contributed by atoms with Crippen molar-refractivity contribution < 1.29 is 52.6 Å². The lowest BCUT2D eigenvalue weighted by Gasteiger charge is -2.20. The highest BCUT2D eigenvalue weighted by molar-refractivity contribution is 7.47. The van der Waals surface area contributed by atoms with E-state index in [0.717, 1.165) is 37.7 Å². The number of phosphoric acid groups is 1. The van der Waals surface area contributed by atoms with Crippen LogP contribution in [0.4, 0.5) is 0 Å². The lowest BCUT2D eigenvalue weighted by Crippen LogP contribution is -2.29. The summed E-state index contributed by atoms with van der Waals surface area (Å²) >= 11 is 0. The minimum Gasteiger partial charge on any atom is -0.462 e. The summed E-state index contributed by atoms with van der Waals surface area (Å²) in [6.45, 7) is 2.16. The largest absolute Gasteiger partial charge is 0.472 e. The van der Waals surface area contributed by atoms with Crippen molar-refractivity contribution in [2.75, 3.05) is 26.4 Å². The smallest absolute Gasteiger partial charge is 0.462 e. The molecule has 0 bridgehead atoms. The van der Waals surface area contributed by atoms with E-state index >= 15 is 0 Å². The fourth-order valence-corrected chi connectivity index (χ4v) is 7.00. The summed E-state index contributed by atoms with van der Waals surface area (Å²) in [5, 5.41) is 18.4. The third-order valence-electron chi connectivity index (χ3n) is 9.64. The summed E-state index contributed by atoms with van der Waals surface area (Å²) in [4.78, 5) is 47.4. The third kappa shape index (κ3) is 28.9. The average Bonchev–Trinajstić information content (AvgIpc) is 3.54. The molecule has 3 N–H and O–H groups in total. The van der Waals surface area contributed by atoms with Gasteiger partial charge in [-0.2, -0.15) is 0 Å². The van der Waals surface area contributed by atoms with Crippen LogP contribution in [0.5, 0.6) is 0 Å². The van der Waals surface area contributed by atoms with Crippen molar-refractivity contribution in [3.05, 3.63) is 48.1 Å². The number of phosphoric ester groups is 1. The molecular weight excluding hydrogens is 735 g/mol. The van der Waals surface area contributed by atoms with Crippen molar-refractivity contribution in [2.45, 2.75) is 180 Å². The molecule has 1 aliphatic carbocycles. The number of rotatable bonds is 37. The molecule has 0 aromatic heterocycles. The van der Waals surface area contributed by atoms with Gasteiger partial charge in [-0.25, -0.2) is 4.57 Å². The molecule has 11 nitrogen and oxygen atoms in total. The van der Waals surface area contributed by atoms with Gasteiger partial charge in [0, 0.05) is 24.3 Å². The number of carbonyl (C=O) groups excluding carboxylic acids is 3. The zero-order valence-electron chi connectivity index (χ0n) is 34.6. The van der Waals surface area contributed by atoms with Gasteiger partial charge in [0.05, 0.1) is 19.8 Å². The van der Waals surface area contributed by atoms with Gasteiger partial charge < -0.3 is 24.6 Å². The predicted octanol–water partition coefficient (Wildman–Crippen LogP) is 10.1. The molecular formula is C44H75O11P. The monoisotopic (exact) mass is 811 g/mol. The summed E-state index contributed by atoms with van der Waals surface area (Å²) in [7, 11) is -4.66. The van der Waals surface area contributed by atoms with Crippen molar-refractivity contribution in [2.24, 2.45) is 5.92 Å². The van der Waals surface area contributed by atoms with Crippen molar-refractivity contribution >= 4 is 25.5 Å². The molecule has 0 aromatic rings. The molecule has 322 valence electrons. The second-order valence-corrected chi connectivity index (χ2v) is 16.3. The van der Waals surface area contributed by atoms with Crippen LogP contribution in [0, 0.1) is 5.92 Å². The number of aliphatic hydroxyl groups is 2. The molecule has 0 spiro atoms. The first kappa shape index (κ1) is 51.6. The molecule has 0 aliphatic heterocycles. The molecule has 0 fully saturated rings. The molecule has 1 rings (SSSR count). The van der Waals surface area contributed by atoms with E-state index in [1.54, 1.807) is 6.08 Å². The average molecular weight is 811 g/mol. The molecule has 1 unspecified atom stereocenters. The Morgan fingerprint density at radius 1 is 0.732 bits per heavy atom. The SMILES string of the molecule is CCCCC/C=C/C=C1\C(=O)C=C[C@H]1C/C=C/CCCC(=O)O[C@H](COC(=O)CCCCCCCCCCCCCCCCC)COP(=O)(O)OC[C@@H](O)CO. The number of unbranched alkanes of at least 4 members (excludes halogenated alkanes) is 18. The zero-order valence-corrected chi connectivity index (χ0v) is 35.5. The highest BCUT2D eigenvalue weighted by Crippen LogP contribution is 2.43. The van der Waals surface area contributed by atoms with Crippen molar-refractivity contribution in [1.29, 1.82) is 0 Å². The van der Waals surface area contributed by atoms with Crippen molar-refractivity contribution in [3.8, 4) is 0 Å². The number of esters is 2. The van der Waals surface area contributed by atoms with E-state index in [1.807, 2.05) is 30.4 Å². The Morgan fingerprint density at radius 3 is 1.91 bits per heavy atom. The van der Waals surface area contributed by atoms with E-state index in [-0.39, 0.29) is 31.1 Å². The first-order valence-corrected chi connectivity index (χ1v) is 23.1. The van der Waals surface area contributed by atoms with Crippen LogP contribution >= 0.6 is 7.82 Å². The highest BCUT2D eigenvalue weighted by atomic mass is 31.2. The number of carbonyl (C=O) groups is 3. The van der Waals surface area contributed by atoms with Crippen LogP contribution in [-0.4, -0.2) is 71.5 Å². The molecule has 1 aliphatic rings. The van der Waals surface area contributed by atoms with E-state index in [9.17, 15) is 28.9 Å². The quantitative estimate of drug-likeness (QED) is 0.0180. The van der Waals surface area contributed by atoms with Crippen LogP contribution in [-0.2, 0) is 37.5 Å². The lowest BCUT2D eigenvalue weighted by molar-refractivity contribution is -0.161. The van der Waals surface area contributed by atoms with Crippen LogP contribution in [0.25, 0.3) is 0 Å². The fourth-order valence-electron chi connectivity index (χ4n) is 6.21. The Hall–Kier alpha value is -2.40. The van der Waals surface area contributed by atoms with Crippen LogP contribution in [0.3, 0.4) is 0 Å². The molecule has 0 radical (unpaired) electrons. The molecule has 0 saturated heterocycles. The third-order valence-corrected chi connectivity index (χ3v) is 10.6. The molecule has 4 atom stereocenters. The summed E-state index contributed by atoms with van der Waals surface area (Å²) in [5.41, 5.74) is 0.774. The van der Waals surface area contributed by atoms with Gasteiger partial charge in [-0.05, 0) is 44.6 Å². The Balaban J connectivity index is 2.42. The summed E-state index contributed by atoms with van der Waals surface area (Å²) in [6.07, 6.45) is 35.7. The van der Waals surface area contributed by atoms with E-state index < -0.39 is 51.8 Å². The second kappa shape index (κ2) is 34.6. The topological polar surface area (TPSA) is 166 Å². The summed E-state index contributed by atoms with van der Waals surface area (Å²) in [6, 6.07) is 0. The van der Waals surface area contributed by atoms with Crippen LogP contribution < -0.4 is 0 Å². The second-order valence-electron chi connectivity index (χ2n) is 14.9. The van der Waals surface area contributed by atoms with Gasteiger partial charge in [0.1, 0.15) is 12.7 Å². The van der Waals surface area contributed by atoms with Crippen molar-refractivity contribution in [3.63, 3.8) is 0 Å². The minimum absolute atomic E-state index is 0.0186. The Bertz CT molecular complexity index is 1210. The molecule has 0 aromatic carbocycles. The van der Waals surface area contributed by atoms with Gasteiger partial charge in [0.2, 0.25) is 0 Å². The maximum Gasteiger partial charge on any atom is 0.472 e. The Labute approximate surface area is 338 Å². The first-order chi connectivity index (χ1) is 27.1. The maximum atomic E-state index is 12.7. The molecule has 56 heavy (non-hydrogen) atoms. The number of aliphatic hydroxyl groups excluding tert-OH is 2. The summed E-state index contributed by atoms with van der Waals surface area (Å²) < 4.78 is 32.7. The normalized spacial score (nSPS) is 17.3. The lowest BCUT2D eigenvalue weighted by atomic mass is 9.97. The van der Waals surface area contributed by atoms with Gasteiger partial charge in [-0.15, -0.1) is 0 Å². The maximum absolute atomic E-state index is 12.7. The summed E-state index contributed by atoms with van der Waals surface area (Å²) in [5.74, 6) is -0.995. The van der Waals surface area contributed by atoms with E-state index in [1.165, 1.54) is 83.5 Å². The molecule has 12 heteroatoms. The standard InChI is InChI=1S/C44H75O11P/c1-3-5-7-9-11-12-13-14-15-16-17-18-19-21-26-30-43(48)52-36-40(37-54-56(50,51)53-35-39(46)34-45)55-44(49)31-27-23-22-24-28-38-32-33-42(47)41(38)29-25-20-10-8-6-4-2/h20,22,24-25,29,32-33,38-40,45-46H,3-19,21,23,26-28,30-31,34-37H2,1-2H3,(H,50,51)/b24-22+,25-20+,41-29-/t38-,39+,40-/m1/s1. The van der Waals surface area contributed by atoms with Gasteiger partial charge in [0.15, 0.2) is 11.9 Å². The van der Waals surface area contributed by atoms with Gasteiger partial charge in [0.25, 0.3) is 0 Å². The minimum atomic E-state index is -4.66. The zero-order chi connectivity index (χ0) is 41.1. The number of hydrogen-bond acceptors (Lipinski definition) is 10. The van der Waals surface area contributed by atoms with Gasteiger partial charge in [-0.3, -0.25) is 23.4 Å². The number of allylic oxidation sites excluding steroid dienone is 8. The van der Waals surface area contributed by atoms with E-state index in [2.05, 4.69) is 24.4 Å². The van der Waals surface area contributed by atoms with Gasteiger partial charge in [-0.1, -0.05) is 153 Å². The van der Waals surface area contributed by atoms with Crippen LogP contribution in [0.1, 0.15) is 168 Å². The van der Waals surface area contributed by atoms with Gasteiger partial charge >= 0.3 is 19.8 Å². The predicted molar refractivity (Wildman–Crippen MR) is 222 cm³/mol. The molecule has 0 amide bonds. The van der Waals surface area contributed by atoms with Crippen molar-refractivity contribution in [1.82, 2.24) is 0 Å². The van der Waals surface area contributed by atoms with Crippen LogP contribution in [0.15, 0.2) is 48.1 Å². The Morgan fingerprint density at radius 2 is 1.29 bits per heavy atom. The molecule has 0 saturated carbocycles. The van der Waals surface area contributed by atoms with E-state index in [0.29, 0.717) is 25.7 Å². The van der Waals surface area contributed by atoms with E-state index in [4.69, 9.17) is 19.1 Å². The number of ketones is 1. The molecule has 0 heterocycles. The Kier molecular flexibility index (Phi) is 31.9. The fraction of sp³-hybridized carbons (Fsp3) is 0.750. The first-order valence-electron chi connectivity index (χ1n) is 21.6. The highest BCUT2D eigenvalue weighted by Gasteiger charge is 2.27. The number of ether oxygens (including phenoxy) is 2. The number of hydrogen-bond donors (Lipinski definition) is 3.